The van der Waals surface area contributed by atoms with E-state index in [9.17, 15) is 4.79 Å². The van der Waals surface area contributed by atoms with Crippen molar-refractivity contribution < 1.29 is 9.53 Å². The SMILES string of the molecule is CCNCCNC(=O)c1cccc(OCC)c1.Cl. The highest BCUT2D eigenvalue weighted by molar-refractivity contribution is 5.94. The number of likely N-dealkylation sites (N-methyl/N-ethyl adjacent to an activating group) is 1. The summed E-state index contributed by atoms with van der Waals surface area (Å²) in [6, 6.07) is 7.21. The van der Waals surface area contributed by atoms with E-state index in [0.29, 0.717) is 18.7 Å². The van der Waals surface area contributed by atoms with Crippen molar-refractivity contribution in [3.05, 3.63) is 29.8 Å². The molecule has 1 aromatic carbocycles. The summed E-state index contributed by atoms with van der Waals surface area (Å²) in [6.07, 6.45) is 0. The number of hydrogen-bond donors (Lipinski definition) is 2. The molecule has 5 heteroatoms. The van der Waals surface area contributed by atoms with E-state index in [1.807, 2.05) is 26.0 Å². The molecule has 0 aliphatic rings. The van der Waals surface area contributed by atoms with Crippen LogP contribution in [0.1, 0.15) is 24.2 Å². The highest BCUT2D eigenvalue weighted by Crippen LogP contribution is 2.12. The van der Waals surface area contributed by atoms with Gasteiger partial charge >= 0.3 is 0 Å². The van der Waals surface area contributed by atoms with E-state index in [0.717, 1.165) is 18.8 Å². The lowest BCUT2D eigenvalue weighted by Crippen LogP contribution is -2.31. The number of ether oxygens (including phenoxy) is 1. The molecule has 1 aromatic rings. The van der Waals surface area contributed by atoms with Gasteiger partial charge in [0, 0.05) is 18.7 Å². The van der Waals surface area contributed by atoms with E-state index in [1.54, 1.807) is 12.1 Å². The lowest BCUT2D eigenvalue weighted by atomic mass is 10.2. The van der Waals surface area contributed by atoms with E-state index in [2.05, 4.69) is 10.6 Å². The van der Waals surface area contributed by atoms with Gasteiger partial charge in [0.15, 0.2) is 0 Å². The fourth-order valence-corrected chi connectivity index (χ4v) is 1.44. The van der Waals surface area contributed by atoms with Gasteiger partial charge in [0.1, 0.15) is 5.75 Å². The molecular weight excluding hydrogens is 252 g/mol. The molecule has 1 rings (SSSR count). The number of halogens is 1. The maximum absolute atomic E-state index is 11.8. The monoisotopic (exact) mass is 272 g/mol. The van der Waals surface area contributed by atoms with Gasteiger partial charge in [0.2, 0.25) is 0 Å². The third-order valence-electron chi connectivity index (χ3n) is 2.24. The Morgan fingerprint density at radius 3 is 2.72 bits per heavy atom. The zero-order valence-corrected chi connectivity index (χ0v) is 11.7. The predicted octanol–water partition coefficient (Wildman–Crippen LogP) is 1.85. The molecule has 0 fully saturated rings. The first-order valence-electron chi connectivity index (χ1n) is 5.99. The fraction of sp³-hybridized carbons (Fsp3) is 0.462. The van der Waals surface area contributed by atoms with Crippen molar-refractivity contribution in [3.63, 3.8) is 0 Å². The summed E-state index contributed by atoms with van der Waals surface area (Å²) in [7, 11) is 0. The number of rotatable bonds is 7. The highest BCUT2D eigenvalue weighted by atomic mass is 35.5. The van der Waals surface area contributed by atoms with Crippen molar-refractivity contribution in [1.29, 1.82) is 0 Å². The van der Waals surface area contributed by atoms with Crippen LogP contribution in [0.5, 0.6) is 5.75 Å². The minimum atomic E-state index is -0.0653. The molecule has 18 heavy (non-hydrogen) atoms. The van der Waals surface area contributed by atoms with Gasteiger partial charge in [0.25, 0.3) is 5.91 Å². The zero-order valence-electron chi connectivity index (χ0n) is 10.9. The van der Waals surface area contributed by atoms with Crippen molar-refractivity contribution in [2.45, 2.75) is 13.8 Å². The Morgan fingerprint density at radius 2 is 2.06 bits per heavy atom. The summed E-state index contributed by atoms with van der Waals surface area (Å²) in [6.45, 7) is 6.89. The van der Waals surface area contributed by atoms with E-state index < -0.39 is 0 Å². The summed E-state index contributed by atoms with van der Waals surface area (Å²) in [5.74, 6) is 0.663. The average Bonchev–Trinajstić information content (AvgIpc) is 2.35. The summed E-state index contributed by atoms with van der Waals surface area (Å²) in [5, 5.41) is 5.99. The van der Waals surface area contributed by atoms with Crippen molar-refractivity contribution in [3.8, 4) is 5.75 Å². The molecule has 0 bridgehead atoms. The lowest BCUT2D eigenvalue weighted by Gasteiger charge is -2.07. The first kappa shape index (κ1) is 16.7. The standard InChI is InChI=1S/C13H20N2O2.ClH/c1-3-14-8-9-15-13(16)11-6-5-7-12(10-11)17-4-2;/h5-7,10,14H,3-4,8-9H2,1-2H3,(H,15,16);1H. The van der Waals surface area contributed by atoms with Crippen LogP contribution >= 0.6 is 12.4 Å². The third-order valence-corrected chi connectivity index (χ3v) is 2.24. The first-order chi connectivity index (χ1) is 8.27. The van der Waals surface area contributed by atoms with Gasteiger partial charge in [-0.3, -0.25) is 4.79 Å². The quantitative estimate of drug-likeness (QED) is 0.745. The van der Waals surface area contributed by atoms with Crippen LogP contribution in [0, 0.1) is 0 Å². The van der Waals surface area contributed by atoms with Crippen molar-refractivity contribution in [1.82, 2.24) is 10.6 Å². The Labute approximate surface area is 115 Å². The molecule has 0 radical (unpaired) electrons. The van der Waals surface area contributed by atoms with Crippen LogP contribution in [0.2, 0.25) is 0 Å². The molecule has 102 valence electrons. The number of hydrogen-bond acceptors (Lipinski definition) is 3. The molecule has 0 saturated carbocycles. The Balaban J connectivity index is 0.00000289. The number of carbonyl (C=O) groups excluding carboxylic acids is 1. The Kier molecular flexibility index (Phi) is 9.06. The second-order valence-corrected chi connectivity index (χ2v) is 3.57. The molecule has 0 heterocycles. The molecule has 0 aromatic heterocycles. The van der Waals surface area contributed by atoms with Crippen molar-refractivity contribution >= 4 is 18.3 Å². The van der Waals surface area contributed by atoms with Crippen LogP contribution in [0.4, 0.5) is 0 Å². The Morgan fingerprint density at radius 1 is 1.28 bits per heavy atom. The summed E-state index contributed by atoms with van der Waals surface area (Å²) >= 11 is 0. The van der Waals surface area contributed by atoms with Crippen LogP contribution < -0.4 is 15.4 Å². The van der Waals surface area contributed by atoms with Gasteiger partial charge in [-0.05, 0) is 31.7 Å². The van der Waals surface area contributed by atoms with Crippen LogP contribution in [0.3, 0.4) is 0 Å². The molecule has 2 N–H and O–H groups in total. The third kappa shape index (κ3) is 5.89. The van der Waals surface area contributed by atoms with Crippen molar-refractivity contribution in [2.24, 2.45) is 0 Å². The number of amides is 1. The van der Waals surface area contributed by atoms with Crippen LogP contribution in [0.15, 0.2) is 24.3 Å². The smallest absolute Gasteiger partial charge is 0.251 e. The molecule has 1 amide bonds. The first-order valence-corrected chi connectivity index (χ1v) is 5.99. The van der Waals surface area contributed by atoms with Gasteiger partial charge in [-0.25, -0.2) is 0 Å². The molecular formula is C13H21ClN2O2. The number of benzene rings is 1. The fourth-order valence-electron chi connectivity index (χ4n) is 1.44. The number of carbonyl (C=O) groups is 1. The van der Waals surface area contributed by atoms with Gasteiger partial charge in [-0.15, -0.1) is 12.4 Å². The molecule has 0 saturated heterocycles. The van der Waals surface area contributed by atoms with Crippen LogP contribution in [-0.2, 0) is 0 Å². The minimum absolute atomic E-state index is 0. The molecule has 0 unspecified atom stereocenters. The lowest BCUT2D eigenvalue weighted by molar-refractivity contribution is 0.0953. The molecule has 0 aliphatic heterocycles. The Hall–Kier alpha value is -1.26. The molecule has 4 nitrogen and oxygen atoms in total. The maximum atomic E-state index is 11.8. The van der Waals surface area contributed by atoms with Gasteiger partial charge in [-0.2, -0.15) is 0 Å². The number of nitrogens with one attached hydrogen (secondary N) is 2. The normalized spacial score (nSPS) is 9.44. The summed E-state index contributed by atoms with van der Waals surface area (Å²) in [5.41, 5.74) is 0.632. The second-order valence-electron chi connectivity index (χ2n) is 3.57. The Bertz CT molecular complexity index is 359. The maximum Gasteiger partial charge on any atom is 0.251 e. The second kappa shape index (κ2) is 9.74. The summed E-state index contributed by atoms with van der Waals surface area (Å²) < 4.78 is 5.35. The van der Waals surface area contributed by atoms with Crippen LogP contribution in [-0.4, -0.2) is 32.1 Å². The topological polar surface area (TPSA) is 50.4 Å². The average molecular weight is 273 g/mol. The van der Waals surface area contributed by atoms with E-state index >= 15 is 0 Å². The zero-order chi connectivity index (χ0) is 12.5. The van der Waals surface area contributed by atoms with E-state index in [-0.39, 0.29) is 18.3 Å². The van der Waals surface area contributed by atoms with Crippen molar-refractivity contribution in [2.75, 3.05) is 26.2 Å². The van der Waals surface area contributed by atoms with Gasteiger partial charge in [-0.1, -0.05) is 13.0 Å². The minimum Gasteiger partial charge on any atom is -0.494 e. The highest BCUT2D eigenvalue weighted by Gasteiger charge is 2.05. The van der Waals surface area contributed by atoms with E-state index in [4.69, 9.17) is 4.74 Å². The molecule has 0 aliphatic carbocycles. The van der Waals surface area contributed by atoms with Gasteiger partial charge < -0.3 is 15.4 Å². The van der Waals surface area contributed by atoms with Gasteiger partial charge in [0.05, 0.1) is 6.61 Å². The largest absolute Gasteiger partial charge is 0.494 e. The van der Waals surface area contributed by atoms with E-state index in [1.165, 1.54) is 0 Å². The molecule has 0 atom stereocenters. The summed E-state index contributed by atoms with van der Waals surface area (Å²) in [4.78, 5) is 11.8. The molecule has 0 spiro atoms. The predicted molar refractivity (Wildman–Crippen MR) is 75.7 cm³/mol. The van der Waals surface area contributed by atoms with Crippen LogP contribution in [0.25, 0.3) is 0 Å².